The maximum absolute atomic E-state index is 14.3. The molecule has 0 aliphatic rings. The van der Waals surface area contributed by atoms with Gasteiger partial charge in [-0.3, -0.25) is 13.9 Å². The zero-order chi connectivity index (χ0) is 31.9. The van der Waals surface area contributed by atoms with E-state index in [9.17, 15) is 18.0 Å². The van der Waals surface area contributed by atoms with Crippen molar-refractivity contribution >= 4 is 27.5 Å². The highest BCUT2D eigenvalue weighted by Crippen LogP contribution is 2.27. The number of aryl methyl sites for hydroxylation is 1. The fourth-order valence-corrected chi connectivity index (χ4v) is 6.15. The highest BCUT2D eigenvalue weighted by Gasteiger charge is 2.34. The van der Waals surface area contributed by atoms with Gasteiger partial charge in [0.05, 0.1) is 17.7 Å². The molecule has 0 aromatic heterocycles. The summed E-state index contributed by atoms with van der Waals surface area (Å²) in [6.07, 6.45) is 0.339. The Bertz CT molecular complexity index is 1490. The number of nitrogens with zero attached hydrogens (tertiary/aromatic N) is 2. The SMILES string of the molecule is CC[C@@H](C(=O)NC(C)(C)C)N(Cc1cccc(OC)c1)C(=O)CN(c1ccc(C(C)C)cc1)S(=O)(=O)c1ccc(C)cc1. The van der Waals surface area contributed by atoms with Gasteiger partial charge in [0.1, 0.15) is 18.3 Å². The van der Waals surface area contributed by atoms with Crippen LogP contribution in [-0.4, -0.2) is 50.4 Å². The van der Waals surface area contributed by atoms with Crippen molar-refractivity contribution in [2.24, 2.45) is 0 Å². The summed E-state index contributed by atoms with van der Waals surface area (Å²) in [5, 5.41) is 2.99. The van der Waals surface area contributed by atoms with Crippen LogP contribution in [-0.2, 0) is 26.2 Å². The second kappa shape index (κ2) is 14.1. The molecule has 3 rings (SSSR count). The van der Waals surface area contributed by atoms with Gasteiger partial charge in [-0.2, -0.15) is 0 Å². The van der Waals surface area contributed by atoms with E-state index in [0.29, 0.717) is 17.9 Å². The first kappa shape index (κ1) is 33.6. The van der Waals surface area contributed by atoms with Crippen LogP contribution < -0.4 is 14.4 Å². The summed E-state index contributed by atoms with van der Waals surface area (Å²) in [6, 6.07) is 20.2. The number of sulfonamides is 1. The predicted molar refractivity (Wildman–Crippen MR) is 172 cm³/mol. The number of methoxy groups -OCH3 is 1. The number of hydrogen-bond acceptors (Lipinski definition) is 5. The second-order valence-electron chi connectivity index (χ2n) is 12.1. The third-order valence-electron chi connectivity index (χ3n) is 7.11. The number of anilines is 1. The minimum Gasteiger partial charge on any atom is -0.497 e. The maximum Gasteiger partial charge on any atom is 0.264 e. The van der Waals surface area contributed by atoms with Crippen molar-refractivity contribution in [1.29, 1.82) is 0 Å². The molecule has 0 radical (unpaired) electrons. The van der Waals surface area contributed by atoms with E-state index >= 15 is 0 Å². The van der Waals surface area contributed by atoms with Crippen LogP contribution in [0, 0.1) is 6.92 Å². The lowest BCUT2D eigenvalue weighted by molar-refractivity contribution is -0.141. The molecule has 0 saturated heterocycles. The van der Waals surface area contributed by atoms with Gasteiger partial charge in [-0.1, -0.05) is 62.7 Å². The number of benzene rings is 3. The zero-order valence-electron chi connectivity index (χ0n) is 26.5. The molecule has 43 heavy (non-hydrogen) atoms. The van der Waals surface area contributed by atoms with E-state index in [-0.39, 0.29) is 23.3 Å². The van der Waals surface area contributed by atoms with E-state index in [1.54, 1.807) is 55.6 Å². The van der Waals surface area contributed by atoms with Crippen molar-refractivity contribution < 1.29 is 22.7 Å². The van der Waals surface area contributed by atoms with Gasteiger partial charge in [0.25, 0.3) is 10.0 Å². The van der Waals surface area contributed by atoms with Crippen LogP contribution in [0.1, 0.15) is 70.6 Å². The Hall–Kier alpha value is -3.85. The van der Waals surface area contributed by atoms with Crippen LogP contribution in [0.5, 0.6) is 5.75 Å². The molecule has 0 aliphatic heterocycles. The monoisotopic (exact) mass is 607 g/mol. The third-order valence-corrected chi connectivity index (χ3v) is 8.89. The van der Waals surface area contributed by atoms with Crippen LogP contribution in [0.3, 0.4) is 0 Å². The van der Waals surface area contributed by atoms with Crippen LogP contribution in [0.15, 0.2) is 77.7 Å². The number of hydrogen-bond donors (Lipinski definition) is 1. The van der Waals surface area contributed by atoms with Crippen molar-refractivity contribution in [3.8, 4) is 5.75 Å². The van der Waals surface area contributed by atoms with Gasteiger partial charge in [0.2, 0.25) is 11.8 Å². The minimum atomic E-state index is -4.13. The third kappa shape index (κ3) is 8.83. The van der Waals surface area contributed by atoms with E-state index < -0.39 is 34.1 Å². The smallest absolute Gasteiger partial charge is 0.264 e. The number of nitrogens with one attached hydrogen (secondary N) is 1. The van der Waals surface area contributed by atoms with Crippen molar-refractivity contribution in [2.45, 2.75) is 83.8 Å². The fourth-order valence-electron chi connectivity index (χ4n) is 4.73. The van der Waals surface area contributed by atoms with Crippen LogP contribution in [0.2, 0.25) is 0 Å². The first-order valence-electron chi connectivity index (χ1n) is 14.6. The number of carbonyl (C=O) groups excluding carboxylic acids is 2. The average Bonchev–Trinajstić information content (AvgIpc) is 2.95. The van der Waals surface area contributed by atoms with E-state index in [2.05, 4.69) is 19.2 Å². The van der Waals surface area contributed by atoms with Crippen LogP contribution in [0.4, 0.5) is 5.69 Å². The topological polar surface area (TPSA) is 96.0 Å². The Morgan fingerprint density at radius 2 is 1.58 bits per heavy atom. The Morgan fingerprint density at radius 3 is 2.12 bits per heavy atom. The van der Waals surface area contributed by atoms with Gasteiger partial charge >= 0.3 is 0 Å². The fraction of sp³-hybridized carbons (Fsp3) is 0.412. The summed E-state index contributed by atoms with van der Waals surface area (Å²) >= 11 is 0. The predicted octanol–water partition coefficient (Wildman–Crippen LogP) is 6.04. The maximum atomic E-state index is 14.3. The van der Waals surface area contributed by atoms with Gasteiger partial charge in [0, 0.05) is 12.1 Å². The molecule has 0 aliphatic carbocycles. The Kier molecular flexibility index (Phi) is 11.0. The van der Waals surface area contributed by atoms with E-state index in [0.717, 1.165) is 21.0 Å². The Labute approximate surface area is 257 Å². The summed E-state index contributed by atoms with van der Waals surface area (Å²) in [5.41, 5.74) is 2.57. The highest BCUT2D eigenvalue weighted by atomic mass is 32.2. The van der Waals surface area contributed by atoms with Crippen molar-refractivity contribution in [3.63, 3.8) is 0 Å². The molecule has 3 aromatic carbocycles. The average molecular weight is 608 g/mol. The Morgan fingerprint density at radius 1 is 0.953 bits per heavy atom. The van der Waals surface area contributed by atoms with E-state index in [1.165, 1.54) is 4.90 Å². The number of amides is 2. The molecule has 9 heteroatoms. The van der Waals surface area contributed by atoms with Gasteiger partial charge < -0.3 is 15.0 Å². The molecule has 232 valence electrons. The number of rotatable bonds is 12. The van der Waals surface area contributed by atoms with Gasteiger partial charge in [-0.25, -0.2) is 8.42 Å². The molecule has 3 aromatic rings. The van der Waals surface area contributed by atoms with Crippen molar-refractivity contribution in [3.05, 3.63) is 89.5 Å². The Balaban J connectivity index is 2.10. The first-order chi connectivity index (χ1) is 20.2. The lowest BCUT2D eigenvalue weighted by atomic mass is 10.0. The summed E-state index contributed by atoms with van der Waals surface area (Å²) in [7, 11) is -2.57. The molecule has 0 fully saturated rings. The van der Waals surface area contributed by atoms with Crippen molar-refractivity contribution in [2.75, 3.05) is 18.0 Å². The van der Waals surface area contributed by atoms with Crippen LogP contribution in [0.25, 0.3) is 0 Å². The number of carbonyl (C=O) groups is 2. The molecular weight excluding hydrogens is 562 g/mol. The second-order valence-corrected chi connectivity index (χ2v) is 14.0. The highest BCUT2D eigenvalue weighted by molar-refractivity contribution is 7.92. The lowest BCUT2D eigenvalue weighted by Crippen LogP contribution is -2.55. The molecule has 0 unspecified atom stereocenters. The lowest BCUT2D eigenvalue weighted by Gasteiger charge is -2.35. The molecule has 8 nitrogen and oxygen atoms in total. The first-order valence-corrected chi connectivity index (χ1v) is 16.0. The molecule has 0 saturated carbocycles. The molecule has 0 heterocycles. The van der Waals surface area contributed by atoms with Gasteiger partial charge in [-0.15, -0.1) is 0 Å². The molecular formula is C34H45N3O5S. The minimum absolute atomic E-state index is 0.0794. The standard InChI is InChI=1S/C34H45N3O5S/c1-9-31(33(39)35-34(5,6)7)36(22-26-11-10-12-29(21-26)42-8)32(38)23-37(28-17-15-27(16-18-28)24(2)3)43(40,41)30-19-13-25(4)14-20-30/h10-21,24,31H,9,22-23H2,1-8H3,(H,35,39)/t31-/m0/s1. The molecule has 0 spiro atoms. The summed E-state index contributed by atoms with van der Waals surface area (Å²) < 4.78 is 34.7. The normalized spacial score (nSPS) is 12.5. The van der Waals surface area contributed by atoms with Crippen LogP contribution >= 0.6 is 0 Å². The van der Waals surface area contributed by atoms with Gasteiger partial charge in [-0.05, 0) is 87.6 Å². The molecule has 0 bridgehead atoms. The van der Waals surface area contributed by atoms with E-state index in [4.69, 9.17) is 4.74 Å². The van der Waals surface area contributed by atoms with E-state index in [1.807, 2.05) is 58.9 Å². The summed E-state index contributed by atoms with van der Waals surface area (Å²) in [4.78, 5) is 29.3. The molecule has 1 N–H and O–H groups in total. The quantitative estimate of drug-likeness (QED) is 0.271. The largest absolute Gasteiger partial charge is 0.497 e. The summed E-state index contributed by atoms with van der Waals surface area (Å²) in [5.74, 6) is 0.0663. The zero-order valence-corrected chi connectivity index (χ0v) is 27.4. The van der Waals surface area contributed by atoms with Gasteiger partial charge in [0.15, 0.2) is 0 Å². The number of ether oxygens (including phenoxy) is 1. The summed E-state index contributed by atoms with van der Waals surface area (Å²) in [6.45, 7) is 13.1. The van der Waals surface area contributed by atoms with Crippen molar-refractivity contribution in [1.82, 2.24) is 10.2 Å². The molecule has 2 amide bonds. The molecule has 1 atom stereocenters.